The van der Waals surface area contributed by atoms with Gasteiger partial charge in [-0.05, 0) is 41.7 Å². The molecule has 2 aromatic rings. The van der Waals surface area contributed by atoms with Crippen molar-refractivity contribution in [3.8, 4) is 5.75 Å². The van der Waals surface area contributed by atoms with Gasteiger partial charge in [-0.15, -0.1) is 0 Å². The quantitative estimate of drug-likeness (QED) is 0.326. The third-order valence-electron chi connectivity index (χ3n) is 6.80. The van der Waals surface area contributed by atoms with Gasteiger partial charge in [-0.25, -0.2) is 0 Å². The number of morpholine rings is 1. The van der Waals surface area contributed by atoms with Crippen LogP contribution in [0.2, 0.25) is 0 Å². The Labute approximate surface area is 213 Å². The molecule has 2 aromatic carbocycles. The number of benzene rings is 2. The van der Waals surface area contributed by atoms with Crippen LogP contribution >= 0.6 is 0 Å². The maximum Gasteiger partial charge on any atom is 0.295 e. The Bertz CT molecular complexity index is 1110. The van der Waals surface area contributed by atoms with E-state index in [-0.39, 0.29) is 5.57 Å². The summed E-state index contributed by atoms with van der Waals surface area (Å²) in [6, 6.07) is 14.0. The van der Waals surface area contributed by atoms with Gasteiger partial charge in [0, 0.05) is 18.5 Å². The molecular formula is C29H36N2O5. The lowest BCUT2D eigenvalue weighted by atomic mass is 9.94. The highest BCUT2D eigenvalue weighted by Gasteiger charge is 2.44. The first kappa shape index (κ1) is 25.9. The van der Waals surface area contributed by atoms with Crippen LogP contribution < -0.4 is 14.7 Å². The Morgan fingerprint density at radius 2 is 1.86 bits per heavy atom. The number of rotatable bonds is 9. The van der Waals surface area contributed by atoms with E-state index in [4.69, 9.17) is 9.47 Å². The number of ether oxygens (including phenoxy) is 2. The first-order chi connectivity index (χ1) is 17.4. The summed E-state index contributed by atoms with van der Waals surface area (Å²) >= 11 is 0. The topological polar surface area (TPSA) is 83.3 Å². The number of nitrogens with zero attached hydrogens (tertiary/aromatic N) is 1. The van der Waals surface area contributed by atoms with Gasteiger partial charge in [0.25, 0.3) is 5.91 Å². The van der Waals surface area contributed by atoms with Gasteiger partial charge in [0.05, 0.1) is 32.4 Å². The zero-order chi connectivity index (χ0) is 25.7. The molecule has 2 aliphatic rings. The SMILES string of the molecule is Cc1cc(OCC(C)C)ccc1C([O-])=C1C(=O)C(=O)N(CCC[NH+]2CCOCC2)C1c1ccccc1. The number of amides is 1. The lowest BCUT2D eigenvalue weighted by molar-refractivity contribution is -0.908. The van der Waals surface area contributed by atoms with Gasteiger partial charge in [-0.1, -0.05) is 56.0 Å². The van der Waals surface area contributed by atoms with E-state index in [0.717, 1.165) is 50.4 Å². The summed E-state index contributed by atoms with van der Waals surface area (Å²) in [5.41, 5.74) is 1.94. The number of aryl methyl sites for hydroxylation is 1. The Hall–Kier alpha value is -3.16. The first-order valence-electron chi connectivity index (χ1n) is 12.8. The minimum absolute atomic E-state index is 0.0314. The fourth-order valence-corrected chi connectivity index (χ4v) is 4.88. The van der Waals surface area contributed by atoms with Crippen LogP contribution in [0.5, 0.6) is 5.75 Å². The molecule has 0 saturated carbocycles. The van der Waals surface area contributed by atoms with Gasteiger partial charge >= 0.3 is 0 Å². The normalized spacial score (nSPS) is 20.3. The molecule has 1 amide bonds. The van der Waals surface area contributed by atoms with E-state index >= 15 is 0 Å². The van der Waals surface area contributed by atoms with Crippen molar-refractivity contribution >= 4 is 17.4 Å². The average Bonchev–Trinajstić information content (AvgIpc) is 3.13. The minimum atomic E-state index is -0.702. The molecule has 192 valence electrons. The number of quaternary nitrogens is 1. The standard InChI is InChI=1S/C29H36N2O5/c1-20(2)19-36-23-10-11-24(21(3)18-23)27(32)25-26(22-8-5-4-6-9-22)31(29(34)28(25)33)13-7-12-30-14-16-35-17-15-30/h4-6,8-11,18,20,26,32H,7,12-17,19H2,1-3H3. The predicted octanol–water partition coefficient (Wildman–Crippen LogP) is 1.56. The molecule has 1 atom stereocenters. The van der Waals surface area contributed by atoms with Crippen LogP contribution in [0.1, 0.15) is 43.0 Å². The molecule has 2 saturated heterocycles. The van der Waals surface area contributed by atoms with Crippen molar-refractivity contribution in [1.82, 2.24) is 4.90 Å². The molecule has 2 aliphatic heterocycles. The summed E-state index contributed by atoms with van der Waals surface area (Å²) in [5, 5.41) is 13.8. The maximum atomic E-state index is 13.8. The largest absolute Gasteiger partial charge is 0.872 e. The second-order valence-corrected chi connectivity index (χ2v) is 10.0. The molecule has 7 heteroatoms. The van der Waals surface area contributed by atoms with Crippen LogP contribution in [0.25, 0.3) is 5.76 Å². The summed E-state index contributed by atoms with van der Waals surface area (Å²) in [7, 11) is 0. The van der Waals surface area contributed by atoms with Crippen molar-refractivity contribution in [2.24, 2.45) is 5.92 Å². The summed E-state index contributed by atoms with van der Waals surface area (Å²) in [4.78, 5) is 29.4. The van der Waals surface area contributed by atoms with Gasteiger partial charge in [0.15, 0.2) is 0 Å². The summed E-state index contributed by atoms with van der Waals surface area (Å²) < 4.78 is 11.2. The van der Waals surface area contributed by atoms with Crippen LogP contribution in [0.4, 0.5) is 0 Å². The number of hydrogen-bond donors (Lipinski definition) is 1. The maximum absolute atomic E-state index is 13.8. The second kappa shape index (κ2) is 11.7. The van der Waals surface area contributed by atoms with Gasteiger partial charge < -0.3 is 24.4 Å². The lowest BCUT2D eigenvalue weighted by Crippen LogP contribution is -3.14. The minimum Gasteiger partial charge on any atom is -0.872 e. The zero-order valence-electron chi connectivity index (χ0n) is 21.4. The number of Topliss-reactive ketones (excluding diaryl/α,β-unsaturated/α-hetero) is 1. The van der Waals surface area contributed by atoms with E-state index in [0.29, 0.717) is 30.4 Å². The molecule has 0 aliphatic carbocycles. The molecule has 2 fully saturated rings. The predicted molar refractivity (Wildman–Crippen MR) is 135 cm³/mol. The second-order valence-electron chi connectivity index (χ2n) is 10.0. The van der Waals surface area contributed by atoms with Gasteiger partial charge in [-0.3, -0.25) is 9.59 Å². The van der Waals surface area contributed by atoms with E-state index in [1.807, 2.05) is 43.3 Å². The van der Waals surface area contributed by atoms with Crippen molar-refractivity contribution in [3.05, 3.63) is 70.8 Å². The smallest absolute Gasteiger partial charge is 0.295 e. The molecule has 0 spiro atoms. The Kier molecular flexibility index (Phi) is 8.44. The number of carbonyl (C=O) groups excluding carboxylic acids is 2. The molecule has 0 aromatic heterocycles. The molecule has 0 radical (unpaired) electrons. The highest BCUT2D eigenvalue weighted by molar-refractivity contribution is 6.46. The highest BCUT2D eigenvalue weighted by atomic mass is 16.5. The average molecular weight is 493 g/mol. The highest BCUT2D eigenvalue weighted by Crippen LogP contribution is 2.39. The Balaban J connectivity index is 1.63. The molecule has 7 nitrogen and oxygen atoms in total. The van der Waals surface area contributed by atoms with E-state index in [2.05, 4.69) is 13.8 Å². The number of likely N-dealkylation sites (tertiary alicyclic amines) is 1. The summed E-state index contributed by atoms with van der Waals surface area (Å²) in [5.74, 6) is -0.627. The van der Waals surface area contributed by atoms with Crippen molar-refractivity contribution in [1.29, 1.82) is 0 Å². The number of carbonyl (C=O) groups is 2. The fraction of sp³-hybridized carbons (Fsp3) is 0.448. The van der Waals surface area contributed by atoms with Gasteiger partial charge in [0.2, 0.25) is 5.78 Å². The molecule has 0 bridgehead atoms. The number of ketones is 1. The van der Waals surface area contributed by atoms with Crippen LogP contribution in [0.3, 0.4) is 0 Å². The van der Waals surface area contributed by atoms with Gasteiger partial charge in [-0.2, -0.15) is 0 Å². The lowest BCUT2D eigenvalue weighted by Gasteiger charge is -2.29. The third-order valence-corrected chi connectivity index (χ3v) is 6.80. The number of hydrogen-bond acceptors (Lipinski definition) is 5. The Morgan fingerprint density at radius 1 is 1.14 bits per heavy atom. The van der Waals surface area contributed by atoms with E-state index < -0.39 is 23.5 Å². The molecular weight excluding hydrogens is 456 g/mol. The summed E-state index contributed by atoms with van der Waals surface area (Å²) in [6.45, 7) is 11.2. The van der Waals surface area contributed by atoms with Crippen LogP contribution in [-0.2, 0) is 14.3 Å². The van der Waals surface area contributed by atoms with Crippen molar-refractivity contribution in [2.45, 2.75) is 33.2 Å². The van der Waals surface area contributed by atoms with Crippen LogP contribution in [-0.4, -0.2) is 62.6 Å². The monoisotopic (exact) mass is 492 g/mol. The zero-order valence-corrected chi connectivity index (χ0v) is 21.4. The van der Waals surface area contributed by atoms with Crippen LogP contribution in [0.15, 0.2) is 54.1 Å². The van der Waals surface area contributed by atoms with E-state index in [1.54, 1.807) is 17.0 Å². The third kappa shape index (κ3) is 5.79. The molecule has 4 rings (SSSR count). The van der Waals surface area contributed by atoms with E-state index in [1.165, 1.54) is 4.90 Å². The van der Waals surface area contributed by atoms with Gasteiger partial charge in [0.1, 0.15) is 18.8 Å². The molecule has 1 N–H and O–H groups in total. The van der Waals surface area contributed by atoms with Crippen molar-refractivity contribution in [3.63, 3.8) is 0 Å². The van der Waals surface area contributed by atoms with Crippen molar-refractivity contribution in [2.75, 3.05) is 46.0 Å². The van der Waals surface area contributed by atoms with E-state index in [9.17, 15) is 14.7 Å². The van der Waals surface area contributed by atoms with Crippen molar-refractivity contribution < 1.29 is 29.1 Å². The first-order valence-corrected chi connectivity index (χ1v) is 12.8. The molecule has 1 unspecified atom stereocenters. The molecule has 2 heterocycles. The fourth-order valence-electron chi connectivity index (χ4n) is 4.88. The molecule has 36 heavy (non-hydrogen) atoms. The number of nitrogens with one attached hydrogen (secondary N) is 1. The summed E-state index contributed by atoms with van der Waals surface area (Å²) in [6.07, 6.45) is 0.750. The van der Waals surface area contributed by atoms with Crippen LogP contribution in [0, 0.1) is 12.8 Å². The Morgan fingerprint density at radius 3 is 2.53 bits per heavy atom.